The lowest BCUT2D eigenvalue weighted by Gasteiger charge is -2.14. The molecule has 1 N–H and O–H groups in total. The maximum absolute atomic E-state index is 11.7. The highest BCUT2D eigenvalue weighted by Gasteiger charge is 2.11. The van der Waals surface area contributed by atoms with Crippen molar-refractivity contribution in [1.82, 2.24) is 0 Å². The van der Waals surface area contributed by atoms with Crippen LogP contribution in [0, 0.1) is 0 Å². The van der Waals surface area contributed by atoms with Crippen LogP contribution in [0.5, 0.6) is 0 Å². The smallest absolute Gasteiger partial charge is 0.412 e. The van der Waals surface area contributed by atoms with Crippen molar-refractivity contribution >= 4 is 23.4 Å². The molecule has 1 amide bonds. The summed E-state index contributed by atoms with van der Waals surface area (Å²) in [5.41, 5.74) is 1.56. The van der Waals surface area contributed by atoms with E-state index in [0.29, 0.717) is 10.7 Å². The monoisotopic (exact) mass is 275 g/mol. The fourth-order valence-electron chi connectivity index (χ4n) is 1.66. The normalized spacial score (nSPS) is 11.7. The molecule has 1 atom stereocenters. The van der Waals surface area contributed by atoms with Crippen LogP contribution in [-0.2, 0) is 4.74 Å². The number of amides is 1. The molecule has 0 heterocycles. The van der Waals surface area contributed by atoms with E-state index in [1.165, 1.54) is 0 Å². The summed E-state index contributed by atoms with van der Waals surface area (Å²) in [5.74, 6) is 0. The first-order valence-corrected chi connectivity index (χ1v) is 6.31. The minimum absolute atomic E-state index is 0.359. The van der Waals surface area contributed by atoms with Gasteiger partial charge in [0.05, 0.1) is 0 Å². The Hall–Kier alpha value is -2.00. The van der Waals surface area contributed by atoms with E-state index in [0.717, 1.165) is 5.56 Å². The van der Waals surface area contributed by atoms with Gasteiger partial charge in [-0.25, -0.2) is 4.79 Å². The van der Waals surface area contributed by atoms with Gasteiger partial charge in [0.1, 0.15) is 6.10 Å². The summed E-state index contributed by atoms with van der Waals surface area (Å²) in [6, 6.07) is 16.4. The number of benzene rings is 2. The van der Waals surface area contributed by atoms with Gasteiger partial charge in [0.25, 0.3) is 0 Å². The number of carbonyl (C=O) groups is 1. The van der Waals surface area contributed by atoms with Crippen molar-refractivity contribution in [2.24, 2.45) is 0 Å². The molecular weight excluding hydrogens is 262 g/mol. The summed E-state index contributed by atoms with van der Waals surface area (Å²) in [4.78, 5) is 11.7. The largest absolute Gasteiger partial charge is 0.441 e. The third-order valence-electron chi connectivity index (χ3n) is 2.62. The molecule has 0 fully saturated rings. The highest BCUT2D eigenvalue weighted by Crippen LogP contribution is 2.21. The van der Waals surface area contributed by atoms with Gasteiger partial charge < -0.3 is 4.74 Å². The van der Waals surface area contributed by atoms with Gasteiger partial charge in [-0.15, -0.1) is 0 Å². The van der Waals surface area contributed by atoms with Crippen LogP contribution in [0.2, 0.25) is 5.02 Å². The van der Waals surface area contributed by atoms with E-state index in [-0.39, 0.29) is 6.10 Å². The zero-order valence-electron chi connectivity index (χ0n) is 10.5. The Bertz CT molecular complexity index is 557. The second-order valence-electron chi connectivity index (χ2n) is 4.09. The molecule has 3 nitrogen and oxygen atoms in total. The Kier molecular flexibility index (Phi) is 4.42. The Morgan fingerprint density at radius 1 is 1.16 bits per heavy atom. The summed E-state index contributed by atoms with van der Waals surface area (Å²) in [5, 5.41) is 3.28. The van der Waals surface area contributed by atoms with Crippen molar-refractivity contribution in [3.05, 3.63) is 65.2 Å². The van der Waals surface area contributed by atoms with Crippen LogP contribution in [0.1, 0.15) is 18.6 Å². The van der Waals surface area contributed by atoms with Crippen molar-refractivity contribution in [3.63, 3.8) is 0 Å². The number of nitrogens with one attached hydrogen (secondary N) is 1. The van der Waals surface area contributed by atoms with Gasteiger partial charge in [-0.05, 0) is 36.8 Å². The van der Waals surface area contributed by atoms with Crippen LogP contribution in [0.3, 0.4) is 0 Å². The molecule has 4 heteroatoms. The Balaban J connectivity index is 1.95. The van der Waals surface area contributed by atoms with Crippen LogP contribution in [0.15, 0.2) is 54.6 Å². The average molecular weight is 276 g/mol. The summed E-state index contributed by atoms with van der Waals surface area (Å²) >= 11 is 5.90. The lowest BCUT2D eigenvalue weighted by atomic mass is 10.1. The second-order valence-corrected chi connectivity index (χ2v) is 4.53. The quantitative estimate of drug-likeness (QED) is 0.885. The number of hydrogen-bond acceptors (Lipinski definition) is 2. The molecular formula is C15H14ClNO2. The van der Waals surface area contributed by atoms with Gasteiger partial charge in [-0.2, -0.15) is 0 Å². The predicted molar refractivity (Wildman–Crippen MR) is 76.4 cm³/mol. The highest BCUT2D eigenvalue weighted by molar-refractivity contribution is 6.30. The molecule has 0 radical (unpaired) electrons. The first-order valence-electron chi connectivity index (χ1n) is 5.93. The third kappa shape index (κ3) is 4.00. The Morgan fingerprint density at radius 2 is 1.89 bits per heavy atom. The van der Waals surface area contributed by atoms with Gasteiger partial charge in [0, 0.05) is 10.7 Å². The minimum Gasteiger partial charge on any atom is -0.441 e. The van der Waals surface area contributed by atoms with Gasteiger partial charge >= 0.3 is 6.09 Å². The second kappa shape index (κ2) is 6.25. The van der Waals surface area contributed by atoms with E-state index in [4.69, 9.17) is 16.3 Å². The molecule has 0 spiro atoms. The number of para-hydroxylation sites is 1. The first-order chi connectivity index (χ1) is 9.15. The number of hydrogen-bond donors (Lipinski definition) is 1. The maximum Gasteiger partial charge on any atom is 0.412 e. The van der Waals surface area contributed by atoms with E-state index in [9.17, 15) is 4.79 Å². The molecule has 19 heavy (non-hydrogen) atoms. The predicted octanol–water partition coefficient (Wildman–Crippen LogP) is 4.65. The molecule has 1 unspecified atom stereocenters. The van der Waals surface area contributed by atoms with Crippen LogP contribution in [0.4, 0.5) is 10.5 Å². The van der Waals surface area contributed by atoms with E-state index < -0.39 is 6.09 Å². The fourth-order valence-corrected chi connectivity index (χ4v) is 1.86. The van der Waals surface area contributed by atoms with Crippen molar-refractivity contribution in [1.29, 1.82) is 0 Å². The van der Waals surface area contributed by atoms with Crippen LogP contribution in [0.25, 0.3) is 0 Å². The van der Waals surface area contributed by atoms with Gasteiger partial charge in [0.15, 0.2) is 0 Å². The molecule has 0 bridgehead atoms. The van der Waals surface area contributed by atoms with Gasteiger partial charge in [-0.1, -0.05) is 41.9 Å². The summed E-state index contributed by atoms with van der Waals surface area (Å²) in [6.45, 7) is 1.80. The Labute approximate surface area is 117 Å². The molecule has 0 aliphatic heterocycles. The van der Waals surface area contributed by atoms with Crippen LogP contribution < -0.4 is 5.32 Å². The highest BCUT2D eigenvalue weighted by atomic mass is 35.5. The van der Waals surface area contributed by atoms with Gasteiger partial charge in [0.2, 0.25) is 0 Å². The van der Waals surface area contributed by atoms with Crippen LogP contribution in [-0.4, -0.2) is 6.09 Å². The number of halogens is 1. The van der Waals surface area contributed by atoms with E-state index >= 15 is 0 Å². The van der Waals surface area contributed by atoms with E-state index in [1.54, 1.807) is 31.2 Å². The maximum atomic E-state index is 11.7. The van der Waals surface area contributed by atoms with Crippen LogP contribution >= 0.6 is 11.6 Å². The number of anilines is 1. The van der Waals surface area contributed by atoms with E-state index in [2.05, 4.69) is 5.32 Å². The topological polar surface area (TPSA) is 38.3 Å². The van der Waals surface area contributed by atoms with Crippen molar-refractivity contribution < 1.29 is 9.53 Å². The number of ether oxygens (including phenoxy) is 1. The van der Waals surface area contributed by atoms with Crippen molar-refractivity contribution in [2.75, 3.05) is 5.32 Å². The molecule has 0 saturated heterocycles. The fraction of sp³-hybridized carbons (Fsp3) is 0.133. The lowest BCUT2D eigenvalue weighted by molar-refractivity contribution is 0.121. The molecule has 0 aliphatic carbocycles. The molecule has 2 aromatic carbocycles. The van der Waals surface area contributed by atoms with Crippen molar-refractivity contribution in [3.8, 4) is 0 Å². The molecule has 2 rings (SSSR count). The SMILES string of the molecule is CC(OC(=O)Nc1ccccc1)c1cccc(Cl)c1. The zero-order valence-corrected chi connectivity index (χ0v) is 11.2. The molecule has 98 valence electrons. The third-order valence-corrected chi connectivity index (χ3v) is 2.86. The van der Waals surface area contributed by atoms with Gasteiger partial charge in [-0.3, -0.25) is 5.32 Å². The van der Waals surface area contributed by atoms with E-state index in [1.807, 2.05) is 30.3 Å². The summed E-state index contributed by atoms with van der Waals surface area (Å²) in [7, 11) is 0. The molecule has 0 aliphatic rings. The Morgan fingerprint density at radius 3 is 2.58 bits per heavy atom. The molecule has 2 aromatic rings. The summed E-state index contributed by atoms with van der Waals surface area (Å²) in [6.07, 6.45) is -0.846. The van der Waals surface area contributed by atoms with Crippen molar-refractivity contribution in [2.45, 2.75) is 13.0 Å². The number of rotatable bonds is 3. The standard InChI is InChI=1S/C15H14ClNO2/c1-11(12-6-5-7-13(16)10-12)19-15(18)17-14-8-3-2-4-9-14/h2-11H,1H3,(H,17,18). The molecule has 0 saturated carbocycles. The summed E-state index contributed by atoms with van der Waals surface area (Å²) < 4.78 is 5.29. The first kappa shape index (κ1) is 13.4. The zero-order chi connectivity index (χ0) is 13.7. The number of carbonyl (C=O) groups excluding carboxylic acids is 1. The molecule has 0 aromatic heterocycles. The average Bonchev–Trinajstić information content (AvgIpc) is 2.39. The lowest BCUT2D eigenvalue weighted by Crippen LogP contribution is -2.15. The minimum atomic E-state index is -0.487.